The highest BCUT2D eigenvalue weighted by Crippen LogP contribution is 2.35. The van der Waals surface area contributed by atoms with E-state index in [0.29, 0.717) is 31.0 Å². The summed E-state index contributed by atoms with van der Waals surface area (Å²) in [6.45, 7) is 2.83. The molecule has 2 aromatic rings. The summed E-state index contributed by atoms with van der Waals surface area (Å²) in [6.07, 6.45) is 8.88. The number of sulfonamides is 1. The molecule has 9 heteroatoms. The molecule has 1 aliphatic carbocycles. The number of aromatic nitrogens is 4. The molecule has 0 unspecified atom stereocenters. The fourth-order valence-corrected chi connectivity index (χ4v) is 5.10. The van der Waals surface area contributed by atoms with E-state index in [2.05, 4.69) is 19.9 Å². The van der Waals surface area contributed by atoms with Gasteiger partial charge in [-0.05, 0) is 38.7 Å². The van der Waals surface area contributed by atoms with Crippen molar-refractivity contribution in [1.29, 1.82) is 0 Å². The predicted molar refractivity (Wildman–Crippen MR) is 97.3 cm³/mol. The van der Waals surface area contributed by atoms with Crippen molar-refractivity contribution in [3.63, 3.8) is 0 Å². The molecule has 2 aliphatic rings. The van der Waals surface area contributed by atoms with Crippen molar-refractivity contribution >= 4 is 15.8 Å². The molecule has 0 N–H and O–H groups in total. The second-order valence-corrected chi connectivity index (χ2v) is 8.96. The molecule has 0 spiro atoms. The molecule has 26 heavy (non-hydrogen) atoms. The second kappa shape index (κ2) is 6.62. The highest BCUT2D eigenvalue weighted by Gasteiger charge is 2.38. The minimum atomic E-state index is -3.52. The van der Waals surface area contributed by atoms with Crippen molar-refractivity contribution in [1.82, 2.24) is 23.8 Å². The van der Waals surface area contributed by atoms with E-state index in [1.165, 1.54) is 12.8 Å². The van der Waals surface area contributed by atoms with Gasteiger partial charge in [0.1, 0.15) is 18.0 Å². The molecule has 1 saturated carbocycles. The molecule has 3 heterocycles. The lowest BCUT2D eigenvalue weighted by atomic mass is 10.0. The summed E-state index contributed by atoms with van der Waals surface area (Å²) in [5.74, 6) is 1.64. The van der Waals surface area contributed by atoms with Gasteiger partial charge in [0, 0.05) is 44.6 Å². The van der Waals surface area contributed by atoms with Crippen molar-refractivity contribution < 1.29 is 8.42 Å². The monoisotopic (exact) mass is 376 g/mol. The minimum Gasteiger partial charge on any atom is -0.350 e. The fraction of sp³-hybridized carbons (Fsp3) is 0.588. The van der Waals surface area contributed by atoms with Gasteiger partial charge in [-0.3, -0.25) is 0 Å². The Bertz CT molecular complexity index is 850. The Morgan fingerprint density at radius 1 is 1.15 bits per heavy atom. The Balaban J connectivity index is 1.48. The van der Waals surface area contributed by atoms with E-state index in [1.54, 1.807) is 34.5 Å². The third-order valence-electron chi connectivity index (χ3n) is 5.28. The molecule has 1 saturated heterocycles. The van der Waals surface area contributed by atoms with Gasteiger partial charge in [-0.2, -0.15) is 4.31 Å². The topological polar surface area (TPSA) is 84.2 Å². The quantitative estimate of drug-likeness (QED) is 0.783. The first-order valence-electron chi connectivity index (χ1n) is 9.01. The van der Waals surface area contributed by atoms with Gasteiger partial charge in [-0.1, -0.05) is 0 Å². The maximum absolute atomic E-state index is 12.9. The molecular formula is C17H24N6O2S. The predicted octanol–water partition coefficient (Wildman–Crippen LogP) is 1.34. The lowest BCUT2D eigenvalue weighted by Gasteiger charge is -2.38. The highest BCUT2D eigenvalue weighted by molar-refractivity contribution is 7.89. The zero-order valence-corrected chi connectivity index (χ0v) is 15.9. The summed E-state index contributed by atoms with van der Waals surface area (Å²) < 4.78 is 29.0. The van der Waals surface area contributed by atoms with Crippen LogP contribution in [0.1, 0.15) is 31.5 Å². The summed E-state index contributed by atoms with van der Waals surface area (Å²) >= 11 is 0. The van der Waals surface area contributed by atoms with Crippen LogP contribution in [-0.2, 0) is 17.1 Å². The number of anilines is 1. The van der Waals surface area contributed by atoms with E-state index in [9.17, 15) is 8.42 Å². The molecule has 4 rings (SSSR count). The van der Waals surface area contributed by atoms with Crippen LogP contribution in [0.25, 0.3) is 0 Å². The Hall–Kier alpha value is -2.00. The first kappa shape index (κ1) is 17.4. The highest BCUT2D eigenvalue weighted by atomic mass is 32.2. The van der Waals surface area contributed by atoms with Crippen molar-refractivity contribution in [3.8, 4) is 0 Å². The van der Waals surface area contributed by atoms with Crippen LogP contribution >= 0.6 is 0 Å². The number of nitrogens with zero attached hydrogens (tertiary/aromatic N) is 6. The van der Waals surface area contributed by atoms with E-state index >= 15 is 0 Å². The average molecular weight is 376 g/mol. The van der Waals surface area contributed by atoms with Gasteiger partial charge in [-0.15, -0.1) is 0 Å². The largest absolute Gasteiger partial charge is 0.350 e. The van der Waals surface area contributed by atoms with Gasteiger partial charge in [0.25, 0.3) is 10.0 Å². The Morgan fingerprint density at radius 2 is 1.85 bits per heavy atom. The first-order chi connectivity index (χ1) is 12.5. The lowest BCUT2D eigenvalue weighted by Crippen LogP contribution is -2.48. The van der Waals surface area contributed by atoms with Gasteiger partial charge >= 0.3 is 0 Å². The molecule has 0 aromatic carbocycles. The minimum absolute atomic E-state index is 0.144. The molecule has 2 aromatic heterocycles. The van der Waals surface area contributed by atoms with E-state index in [-0.39, 0.29) is 5.03 Å². The molecular weight excluding hydrogens is 352 g/mol. The second-order valence-electron chi connectivity index (χ2n) is 7.08. The fourth-order valence-electron chi connectivity index (χ4n) is 3.60. The van der Waals surface area contributed by atoms with Gasteiger partial charge < -0.3 is 9.47 Å². The maximum Gasteiger partial charge on any atom is 0.262 e. The van der Waals surface area contributed by atoms with Crippen LogP contribution in [-0.4, -0.2) is 57.4 Å². The zero-order chi connectivity index (χ0) is 18.3. The van der Waals surface area contributed by atoms with Crippen LogP contribution in [0.15, 0.2) is 29.8 Å². The van der Waals surface area contributed by atoms with E-state index < -0.39 is 10.0 Å². The van der Waals surface area contributed by atoms with Gasteiger partial charge in [0.2, 0.25) is 0 Å². The number of hydrogen-bond acceptors (Lipinski definition) is 6. The molecule has 0 amide bonds. The molecule has 8 nitrogen and oxygen atoms in total. The summed E-state index contributed by atoms with van der Waals surface area (Å²) in [6, 6.07) is 2.78. The molecule has 2 fully saturated rings. The SMILES string of the molecule is Cc1nc(S(=O)(=O)N2CCC(N(c3ccncn3)C3CC3)CC2)cn1C. The lowest BCUT2D eigenvalue weighted by molar-refractivity contribution is 0.307. The van der Waals surface area contributed by atoms with Gasteiger partial charge in [-0.25, -0.2) is 23.4 Å². The van der Waals surface area contributed by atoms with Crippen LogP contribution in [0.2, 0.25) is 0 Å². The molecule has 0 radical (unpaired) electrons. The Morgan fingerprint density at radius 3 is 2.38 bits per heavy atom. The normalized spacial score (nSPS) is 19.6. The number of hydrogen-bond donors (Lipinski definition) is 0. The summed E-state index contributed by atoms with van der Waals surface area (Å²) in [7, 11) is -1.72. The van der Waals surface area contributed by atoms with Crippen molar-refractivity contribution in [2.75, 3.05) is 18.0 Å². The first-order valence-corrected chi connectivity index (χ1v) is 10.5. The van der Waals surface area contributed by atoms with E-state index in [0.717, 1.165) is 18.7 Å². The molecule has 140 valence electrons. The third-order valence-corrected chi connectivity index (χ3v) is 7.05. The van der Waals surface area contributed by atoms with Crippen LogP contribution in [0.3, 0.4) is 0 Å². The summed E-state index contributed by atoms with van der Waals surface area (Å²) in [5.41, 5.74) is 0. The van der Waals surface area contributed by atoms with Crippen molar-refractivity contribution in [2.24, 2.45) is 7.05 Å². The maximum atomic E-state index is 12.9. The molecule has 1 aliphatic heterocycles. The van der Waals surface area contributed by atoms with Crippen LogP contribution in [0.5, 0.6) is 0 Å². The Kier molecular flexibility index (Phi) is 4.44. The van der Waals surface area contributed by atoms with Crippen LogP contribution < -0.4 is 4.90 Å². The number of aryl methyl sites for hydroxylation is 2. The number of piperidine rings is 1. The van der Waals surface area contributed by atoms with Crippen molar-refractivity contribution in [2.45, 2.75) is 49.7 Å². The van der Waals surface area contributed by atoms with Gasteiger partial charge in [0.05, 0.1) is 0 Å². The zero-order valence-electron chi connectivity index (χ0n) is 15.1. The summed E-state index contributed by atoms with van der Waals surface area (Å²) in [5, 5.41) is 0.144. The molecule has 0 atom stereocenters. The van der Waals surface area contributed by atoms with Crippen LogP contribution in [0, 0.1) is 6.92 Å². The van der Waals surface area contributed by atoms with Crippen LogP contribution in [0.4, 0.5) is 5.82 Å². The van der Waals surface area contributed by atoms with Gasteiger partial charge in [0.15, 0.2) is 5.03 Å². The number of rotatable bonds is 5. The number of imidazole rings is 1. The standard InChI is InChI=1S/C17H24N6O2S/c1-13-20-17(11-21(13)2)26(24,25)22-9-6-15(7-10-22)23(14-3-4-14)16-5-8-18-12-19-16/h5,8,11-12,14-15H,3-4,6-7,9-10H2,1-2H3. The molecule has 0 bridgehead atoms. The van der Waals surface area contributed by atoms with Crippen molar-refractivity contribution in [3.05, 3.63) is 30.6 Å². The smallest absolute Gasteiger partial charge is 0.262 e. The Labute approximate surface area is 153 Å². The summed E-state index contributed by atoms with van der Waals surface area (Å²) in [4.78, 5) is 15.0. The van der Waals surface area contributed by atoms with E-state index in [4.69, 9.17) is 0 Å². The van der Waals surface area contributed by atoms with E-state index in [1.807, 2.05) is 13.1 Å². The third kappa shape index (κ3) is 3.21. The average Bonchev–Trinajstić information content (AvgIpc) is 3.41.